The lowest BCUT2D eigenvalue weighted by Crippen LogP contribution is -2.40. The van der Waals surface area contributed by atoms with Crippen LogP contribution in [0.5, 0.6) is 0 Å². The molecule has 1 aromatic carbocycles. The second kappa shape index (κ2) is 7.78. The summed E-state index contributed by atoms with van der Waals surface area (Å²) in [6, 6.07) is 8.44. The predicted molar refractivity (Wildman–Crippen MR) is 89.7 cm³/mol. The lowest BCUT2D eigenvalue weighted by Gasteiger charge is -2.30. The third-order valence-corrected chi connectivity index (χ3v) is 4.56. The summed E-state index contributed by atoms with van der Waals surface area (Å²) in [4.78, 5) is 36.6. The number of esters is 1. The summed E-state index contributed by atoms with van der Waals surface area (Å²) in [5, 5.41) is 19.4. The number of carbonyl (C=O) groups is 3. The minimum Gasteiger partial charge on any atom is -0.481 e. The highest BCUT2D eigenvalue weighted by Crippen LogP contribution is 2.33. The van der Waals surface area contributed by atoms with Crippen molar-refractivity contribution in [3.63, 3.8) is 0 Å². The molecule has 2 rings (SSSR count). The van der Waals surface area contributed by atoms with Crippen LogP contribution < -0.4 is 0 Å². The first-order valence-electron chi connectivity index (χ1n) is 8.46. The van der Waals surface area contributed by atoms with Gasteiger partial charge in [0, 0.05) is 5.56 Å². The van der Waals surface area contributed by atoms with Gasteiger partial charge in [0.15, 0.2) is 6.10 Å². The summed E-state index contributed by atoms with van der Waals surface area (Å²) in [6.45, 7) is 2.67. The van der Waals surface area contributed by atoms with Gasteiger partial charge in [0.05, 0.1) is 11.8 Å². The number of hydrogen-bond donors (Lipinski definition) is 2. The molecular weight excluding hydrogens is 324 g/mol. The van der Waals surface area contributed by atoms with E-state index < -0.39 is 41.3 Å². The molecule has 0 aromatic heterocycles. The first-order chi connectivity index (χ1) is 11.7. The highest BCUT2D eigenvalue weighted by molar-refractivity contribution is 5.93. The number of benzene rings is 1. The van der Waals surface area contributed by atoms with Crippen LogP contribution in [0.2, 0.25) is 0 Å². The number of ether oxygens (including phenoxy) is 1. The van der Waals surface area contributed by atoms with E-state index in [2.05, 4.69) is 0 Å². The third kappa shape index (κ3) is 4.66. The highest BCUT2D eigenvalue weighted by atomic mass is 16.5. The van der Waals surface area contributed by atoms with Crippen LogP contribution >= 0.6 is 0 Å². The Labute approximate surface area is 146 Å². The van der Waals surface area contributed by atoms with E-state index in [0.717, 1.165) is 12.8 Å². The minimum absolute atomic E-state index is 0.421. The molecule has 25 heavy (non-hydrogen) atoms. The molecule has 0 bridgehead atoms. The lowest BCUT2D eigenvalue weighted by atomic mass is 9.79. The van der Waals surface area contributed by atoms with Crippen LogP contribution in [0.1, 0.15) is 51.2 Å². The number of aliphatic hydroxyl groups is 1. The molecular formula is C19H24O6. The zero-order chi connectivity index (χ0) is 18.6. The van der Waals surface area contributed by atoms with Gasteiger partial charge >= 0.3 is 11.9 Å². The van der Waals surface area contributed by atoms with Gasteiger partial charge in [-0.1, -0.05) is 43.2 Å². The van der Waals surface area contributed by atoms with Gasteiger partial charge in [0.2, 0.25) is 5.78 Å². The summed E-state index contributed by atoms with van der Waals surface area (Å²) < 4.78 is 5.43. The zero-order valence-corrected chi connectivity index (χ0v) is 14.5. The SMILES string of the molecule is CC(C)(O)C(=O)C(OC(=O)C1CCCCC1C(=O)O)c1ccccc1. The van der Waals surface area contributed by atoms with Gasteiger partial charge in [-0.3, -0.25) is 14.4 Å². The van der Waals surface area contributed by atoms with Gasteiger partial charge in [-0.25, -0.2) is 0 Å². The topological polar surface area (TPSA) is 101 Å². The third-order valence-electron chi connectivity index (χ3n) is 4.56. The quantitative estimate of drug-likeness (QED) is 0.766. The largest absolute Gasteiger partial charge is 0.481 e. The Balaban J connectivity index is 2.25. The zero-order valence-electron chi connectivity index (χ0n) is 14.5. The van der Waals surface area contributed by atoms with Crippen molar-refractivity contribution in [1.82, 2.24) is 0 Å². The van der Waals surface area contributed by atoms with Crippen LogP contribution in [-0.2, 0) is 19.1 Å². The number of Topliss-reactive ketones (excluding diaryl/α,β-unsaturated/α-hetero) is 1. The van der Waals surface area contributed by atoms with Crippen molar-refractivity contribution in [2.45, 2.75) is 51.2 Å². The molecule has 0 amide bonds. The molecule has 3 atom stereocenters. The molecule has 136 valence electrons. The van der Waals surface area contributed by atoms with Crippen LogP contribution in [0.25, 0.3) is 0 Å². The number of carbonyl (C=O) groups excluding carboxylic acids is 2. The average Bonchev–Trinajstić information content (AvgIpc) is 2.58. The van der Waals surface area contributed by atoms with Crippen LogP contribution in [0.4, 0.5) is 0 Å². The van der Waals surface area contributed by atoms with Gasteiger partial charge in [0.1, 0.15) is 5.60 Å². The average molecular weight is 348 g/mol. The van der Waals surface area contributed by atoms with E-state index in [1.54, 1.807) is 30.3 Å². The van der Waals surface area contributed by atoms with E-state index in [1.165, 1.54) is 13.8 Å². The van der Waals surface area contributed by atoms with Gasteiger partial charge < -0.3 is 14.9 Å². The number of carboxylic acid groups (broad SMARTS) is 1. The minimum atomic E-state index is -1.68. The summed E-state index contributed by atoms with van der Waals surface area (Å²) in [7, 11) is 0. The van der Waals surface area contributed by atoms with E-state index in [9.17, 15) is 24.6 Å². The van der Waals surface area contributed by atoms with Crippen LogP contribution in [0.3, 0.4) is 0 Å². The van der Waals surface area contributed by atoms with E-state index >= 15 is 0 Å². The molecule has 1 fully saturated rings. The van der Waals surface area contributed by atoms with Crippen LogP contribution in [0, 0.1) is 11.8 Å². The fraction of sp³-hybridized carbons (Fsp3) is 0.526. The first-order valence-corrected chi connectivity index (χ1v) is 8.46. The number of carboxylic acids is 1. The van der Waals surface area contributed by atoms with Crippen LogP contribution in [-0.4, -0.2) is 33.5 Å². The van der Waals surface area contributed by atoms with E-state index in [4.69, 9.17) is 4.74 Å². The molecule has 0 spiro atoms. The molecule has 6 nitrogen and oxygen atoms in total. The van der Waals surface area contributed by atoms with Crippen molar-refractivity contribution >= 4 is 17.7 Å². The van der Waals surface area contributed by atoms with Crippen molar-refractivity contribution in [1.29, 1.82) is 0 Å². The lowest BCUT2D eigenvalue weighted by molar-refractivity contribution is -0.170. The molecule has 6 heteroatoms. The maximum Gasteiger partial charge on any atom is 0.310 e. The molecule has 1 aromatic rings. The number of aliphatic carboxylic acids is 1. The standard InChI is InChI=1S/C19H24O6/c1-19(2,24)16(20)15(12-8-4-3-5-9-12)25-18(23)14-11-7-6-10-13(14)17(21)22/h3-5,8-9,13-15,24H,6-7,10-11H2,1-2H3,(H,21,22). The maximum atomic E-state index is 12.6. The summed E-state index contributed by atoms with van der Waals surface area (Å²) in [6.07, 6.45) is 1.09. The predicted octanol–water partition coefficient (Wildman–Crippen LogP) is 2.50. The van der Waals surface area contributed by atoms with Gasteiger partial charge in [0.25, 0.3) is 0 Å². The Morgan fingerprint density at radius 1 is 1.08 bits per heavy atom. The monoisotopic (exact) mass is 348 g/mol. The van der Waals surface area contributed by atoms with Crippen molar-refractivity contribution in [3.8, 4) is 0 Å². The highest BCUT2D eigenvalue weighted by Gasteiger charge is 2.41. The summed E-state index contributed by atoms with van der Waals surface area (Å²) >= 11 is 0. The second-order valence-electron chi connectivity index (χ2n) is 6.99. The number of ketones is 1. The Morgan fingerprint density at radius 2 is 1.64 bits per heavy atom. The molecule has 1 aliphatic rings. The first kappa shape index (κ1) is 19.1. The van der Waals surface area contributed by atoms with E-state index in [0.29, 0.717) is 18.4 Å². The smallest absolute Gasteiger partial charge is 0.310 e. The molecule has 3 unspecified atom stereocenters. The number of rotatable bonds is 6. The molecule has 2 N–H and O–H groups in total. The fourth-order valence-corrected chi connectivity index (χ4v) is 3.13. The Bertz CT molecular complexity index is 631. The van der Waals surface area contributed by atoms with E-state index in [-0.39, 0.29) is 0 Å². The fourth-order valence-electron chi connectivity index (χ4n) is 3.13. The normalized spacial score (nSPS) is 22.0. The molecule has 0 radical (unpaired) electrons. The number of hydrogen-bond acceptors (Lipinski definition) is 5. The maximum absolute atomic E-state index is 12.6. The molecule has 0 saturated heterocycles. The Kier molecular flexibility index (Phi) is 5.95. The van der Waals surface area contributed by atoms with Crippen molar-refractivity contribution in [2.24, 2.45) is 11.8 Å². The molecule has 0 heterocycles. The van der Waals surface area contributed by atoms with Crippen molar-refractivity contribution < 1.29 is 29.3 Å². The molecule has 0 aliphatic heterocycles. The van der Waals surface area contributed by atoms with Crippen LogP contribution in [0.15, 0.2) is 30.3 Å². The second-order valence-corrected chi connectivity index (χ2v) is 6.99. The van der Waals surface area contributed by atoms with Crippen molar-refractivity contribution in [3.05, 3.63) is 35.9 Å². The van der Waals surface area contributed by atoms with Crippen molar-refractivity contribution in [2.75, 3.05) is 0 Å². The summed E-state index contributed by atoms with van der Waals surface area (Å²) in [5.41, 5.74) is -1.23. The van der Waals surface area contributed by atoms with Gasteiger partial charge in [-0.05, 0) is 26.7 Å². The van der Waals surface area contributed by atoms with Gasteiger partial charge in [-0.15, -0.1) is 0 Å². The Morgan fingerprint density at radius 3 is 2.16 bits per heavy atom. The Hall–Kier alpha value is -2.21. The molecule has 1 saturated carbocycles. The van der Waals surface area contributed by atoms with Gasteiger partial charge in [-0.2, -0.15) is 0 Å². The molecule has 1 aliphatic carbocycles. The summed E-state index contributed by atoms with van der Waals surface area (Å²) in [5.74, 6) is -3.93. The van der Waals surface area contributed by atoms with E-state index in [1.807, 2.05) is 0 Å².